The number of aryl methyl sites for hydroxylation is 2. The summed E-state index contributed by atoms with van der Waals surface area (Å²) < 4.78 is 0. The Balaban J connectivity index is 2.56. The van der Waals surface area contributed by atoms with Gasteiger partial charge in [-0.15, -0.1) is 0 Å². The van der Waals surface area contributed by atoms with Gasteiger partial charge in [-0.1, -0.05) is 44.5 Å². The number of rotatable bonds is 2. The second-order valence-electron chi connectivity index (χ2n) is 5.68. The Kier molecular flexibility index (Phi) is 3.10. The third-order valence-corrected chi connectivity index (χ3v) is 4.61. The van der Waals surface area contributed by atoms with Gasteiger partial charge in [0.1, 0.15) is 0 Å². The summed E-state index contributed by atoms with van der Waals surface area (Å²) in [7, 11) is 0. The fourth-order valence-corrected chi connectivity index (χ4v) is 3.48. The standard InChI is InChI=1S/C16H24/c1-5-16(12(2)3)10-6-7-14-9-8-13(4)11-15(14)16/h8-9,11-12H,5-7,10H2,1-4H3. The molecule has 0 saturated carbocycles. The minimum Gasteiger partial charge on any atom is -0.0645 e. The van der Waals surface area contributed by atoms with E-state index in [0.29, 0.717) is 5.41 Å². The minimum absolute atomic E-state index is 0.444. The summed E-state index contributed by atoms with van der Waals surface area (Å²) in [6.07, 6.45) is 5.30. The van der Waals surface area contributed by atoms with E-state index < -0.39 is 0 Å². The van der Waals surface area contributed by atoms with Crippen LogP contribution in [0, 0.1) is 12.8 Å². The van der Waals surface area contributed by atoms with Crippen LogP contribution in [0.4, 0.5) is 0 Å². The van der Waals surface area contributed by atoms with Crippen molar-refractivity contribution in [2.45, 2.75) is 58.8 Å². The average Bonchev–Trinajstić information content (AvgIpc) is 2.27. The summed E-state index contributed by atoms with van der Waals surface area (Å²) >= 11 is 0. The Bertz CT molecular complexity index is 376. The molecule has 0 bridgehead atoms. The molecule has 0 amide bonds. The third-order valence-electron chi connectivity index (χ3n) is 4.61. The van der Waals surface area contributed by atoms with Crippen LogP contribution in [0.15, 0.2) is 18.2 Å². The van der Waals surface area contributed by atoms with E-state index in [1.54, 1.807) is 11.1 Å². The molecule has 0 heteroatoms. The van der Waals surface area contributed by atoms with Gasteiger partial charge < -0.3 is 0 Å². The van der Waals surface area contributed by atoms with Crippen LogP contribution in [-0.2, 0) is 11.8 Å². The van der Waals surface area contributed by atoms with E-state index in [1.807, 2.05) is 0 Å². The first-order chi connectivity index (χ1) is 7.60. The molecular weight excluding hydrogens is 192 g/mol. The molecule has 0 fully saturated rings. The second-order valence-corrected chi connectivity index (χ2v) is 5.68. The van der Waals surface area contributed by atoms with E-state index in [1.165, 1.54) is 31.2 Å². The van der Waals surface area contributed by atoms with Crippen LogP contribution >= 0.6 is 0 Å². The van der Waals surface area contributed by atoms with Gasteiger partial charge >= 0.3 is 0 Å². The molecule has 88 valence electrons. The Morgan fingerprint density at radius 3 is 2.69 bits per heavy atom. The summed E-state index contributed by atoms with van der Waals surface area (Å²) in [5, 5.41) is 0. The zero-order chi connectivity index (χ0) is 11.8. The minimum atomic E-state index is 0.444. The highest BCUT2D eigenvalue weighted by Gasteiger charge is 2.37. The molecule has 1 aromatic carbocycles. The van der Waals surface area contributed by atoms with Crippen LogP contribution in [0.1, 0.15) is 56.7 Å². The summed E-state index contributed by atoms with van der Waals surface area (Å²) in [4.78, 5) is 0. The maximum absolute atomic E-state index is 2.44. The number of fused-ring (bicyclic) bond motifs is 1. The molecule has 1 aliphatic carbocycles. The molecule has 0 radical (unpaired) electrons. The van der Waals surface area contributed by atoms with E-state index in [-0.39, 0.29) is 0 Å². The topological polar surface area (TPSA) is 0 Å². The molecule has 1 unspecified atom stereocenters. The zero-order valence-corrected chi connectivity index (χ0v) is 11.1. The lowest BCUT2D eigenvalue weighted by atomic mass is 9.62. The summed E-state index contributed by atoms with van der Waals surface area (Å²) in [5.74, 6) is 0.748. The van der Waals surface area contributed by atoms with Crippen LogP contribution in [0.25, 0.3) is 0 Å². The van der Waals surface area contributed by atoms with E-state index in [9.17, 15) is 0 Å². The van der Waals surface area contributed by atoms with Gasteiger partial charge in [-0.2, -0.15) is 0 Å². The fourth-order valence-electron chi connectivity index (χ4n) is 3.48. The molecule has 0 nitrogen and oxygen atoms in total. The normalized spacial score (nSPS) is 24.6. The number of benzene rings is 1. The van der Waals surface area contributed by atoms with Gasteiger partial charge in [0.15, 0.2) is 0 Å². The molecule has 0 heterocycles. The van der Waals surface area contributed by atoms with Gasteiger partial charge in [0.05, 0.1) is 0 Å². The molecule has 1 aromatic rings. The van der Waals surface area contributed by atoms with Crippen molar-refractivity contribution in [3.8, 4) is 0 Å². The van der Waals surface area contributed by atoms with Crippen LogP contribution in [-0.4, -0.2) is 0 Å². The molecule has 0 aliphatic heterocycles. The molecule has 1 aliphatic rings. The molecule has 16 heavy (non-hydrogen) atoms. The zero-order valence-electron chi connectivity index (χ0n) is 11.1. The largest absolute Gasteiger partial charge is 0.0645 e. The van der Waals surface area contributed by atoms with Crippen molar-refractivity contribution in [1.29, 1.82) is 0 Å². The average molecular weight is 216 g/mol. The van der Waals surface area contributed by atoms with E-state index in [0.717, 1.165) is 5.92 Å². The van der Waals surface area contributed by atoms with Crippen molar-refractivity contribution in [2.24, 2.45) is 5.92 Å². The van der Waals surface area contributed by atoms with E-state index in [4.69, 9.17) is 0 Å². The Morgan fingerprint density at radius 1 is 1.31 bits per heavy atom. The fraction of sp³-hybridized carbons (Fsp3) is 0.625. The molecule has 0 saturated heterocycles. The van der Waals surface area contributed by atoms with Crippen molar-refractivity contribution in [1.82, 2.24) is 0 Å². The lowest BCUT2D eigenvalue weighted by Gasteiger charge is -2.42. The van der Waals surface area contributed by atoms with E-state index in [2.05, 4.69) is 45.9 Å². The van der Waals surface area contributed by atoms with Crippen molar-refractivity contribution in [3.63, 3.8) is 0 Å². The third kappa shape index (κ3) is 1.69. The van der Waals surface area contributed by atoms with Crippen LogP contribution in [0.3, 0.4) is 0 Å². The Morgan fingerprint density at radius 2 is 2.06 bits per heavy atom. The van der Waals surface area contributed by atoms with E-state index >= 15 is 0 Å². The lowest BCUT2D eigenvalue weighted by molar-refractivity contribution is 0.252. The highest BCUT2D eigenvalue weighted by atomic mass is 14.4. The second kappa shape index (κ2) is 4.24. The van der Waals surface area contributed by atoms with Gasteiger partial charge in [-0.25, -0.2) is 0 Å². The lowest BCUT2D eigenvalue weighted by Crippen LogP contribution is -2.35. The summed E-state index contributed by atoms with van der Waals surface area (Å²) in [6, 6.07) is 7.07. The Labute approximate surface area is 100 Å². The molecule has 2 rings (SSSR count). The number of hydrogen-bond donors (Lipinski definition) is 0. The monoisotopic (exact) mass is 216 g/mol. The quantitative estimate of drug-likeness (QED) is 0.676. The van der Waals surface area contributed by atoms with Gasteiger partial charge in [0, 0.05) is 0 Å². The van der Waals surface area contributed by atoms with Crippen molar-refractivity contribution < 1.29 is 0 Å². The van der Waals surface area contributed by atoms with Crippen molar-refractivity contribution >= 4 is 0 Å². The number of hydrogen-bond acceptors (Lipinski definition) is 0. The molecule has 0 aromatic heterocycles. The van der Waals surface area contributed by atoms with Crippen LogP contribution < -0.4 is 0 Å². The summed E-state index contributed by atoms with van der Waals surface area (Å²) in [6.45, 7) is 9.36. The molecule has 0 spiro atoms. The van der Waals surface area contributed by atoms with Gasteiger partial charge in [0.2, 0.25) is 0 Å². The smallest absolute Gasteiger partial charge is 0.00237 e. The maximum Gasteiger partial charge on any atom is -0.00237 e. The SMILES string of the molecule is CCC1(C(C)C)CCCc2ccc(C)cc21. The van der Waals surface area contributed by atoms with Crippen molar-refractivity contribution in [3.05, 3.63) is 34.9 Å². The van der Waals surface area contributed by atoms with Gasteiger partial charge in [-0.3, -0.25) is 0 Å². The van der Waals surface area contributed by atoms with Crippen LogP contribution in [0.2, 0.25) is 0 Å². The first-order valence-corrected chi connectivity index (χ1v) is 6.70. The maximum atomic E-state index is 2.44. The predicted octanol–water partition coefficient (Wildman–Crippen LogP) is 4.64. The first kappa shape index (κ1) is 11.7. The molecule has 1 atom stereocenters. The van der Waals surface area contributed by atoms with Gasteiger partial charge in [0.25, 0.3) is 0 Å². The molecular formula is C16H24. The van der Waals surface area contributed by atoms with Crippen molar-refractivity contribution in [2.75, 3.05) is 0 Å². The highest BCUT2D eigenvalue weighted by molar-refractivity contribution is 5.40. The molecule has 0 N–H and O–H groups in total. The van der Waals surface area contributed by atoms with Gasteiger partial charge in [-0.05, 0) is 55.1 Å². The Hall–Kier alpha value is -0.780. The predicted molar refractivity (Wildman–Crippen MR) is 70.9 cm³/mol. The first-order valence-electron chi connectivity index (χ1n) is 6.70. The summed E-state index contributed by atoms with van der Waals surface area (Å²) in [5.41, 5.74) is 5.11. The van der Waals surface area contributed by atoms with Crippen LogP contribution in [0.5, 0.6) is 0 Å². The highest BCUT2D eigenvalue weighted by Crippen LogP contribution is 2.45.